The maximum absolute atomic E-state index is 2.44. The molecule has 4 aromatic carbocycles. The molecule has 1 heteroatoms. The first-order valence-corrected chi connectivity index (χ1v) is 11.1. The molecule has 30 heavy (non-hydrogen) atoms. The van der Waals surface area contributed by atoms with Crippen LogP contribution < -0.4 is 4.90 Å². The van der Waals surface area contributed by atoms with E-state index in [2.05, 4.69) is 111 Å². The Kier molecular flexibility index (Phi) is 4.83. The zero-order chi connectivity index (χ0) is 20.7. The van der Waals surface area contributed by atoms with E-state index in [9.17, 15) is 0 Å². The van der Waals surface area contributed by atoms with Crippen LogP contribution in [0.25, 0.3) is 10.8 Å². The molecule has 0 bridgehead atoms. The van der Waals surface area contributed by atoms with Crippen molar-refractivity contribution in [3.8, 4) is 0 Å². The summed E-state index contributed by atoms with van der Waals surface area (Å²) in [6, 6.07) is 31.4. The number of rotatable bonds is 3. The van der Waals surface area contributed by atoms with Crippen molar-refractivity contribution in [1.82, 2.24) is 0 Å². The number of anilines is 3. The van der Waals surface area contributed by atoms with E-state index in [4.69, 9.17) is 0 Å². The van der Waals surface area contributed by atoms with Gasteiger partial charge in [0.25, 0.3) is 0 Å². The lowest BCUT2D eigenvalue weighted by atomic mass is 9.78. The summed E-state index contributed by atoms with van der Waals surface area (Å²) in [6.45, 7) is 6.89. The first kappa shape index (κ1) is 18.9. The van der Waals surface area contributed by atoms with E-state index < -0.39 is 0 Å². The number of hydrogen-bond acceptors (Lipinski definition) is 1. The molecule has 1 aliphatic carbocycles. The fourth-order valence-electron chi connectivity index (χ4n) is 4.84. The molecule has 0 aliphatic heterocycles. The summed E-state index contributed by atoms with van der Waals surface area (Å²) in [5.41, 5.74) is 7.98. The average Bonchev–Trinajstić information content (AvgIpc) is 2.78. The molecule has 5 rings (SSSR count). The molecule has 1 aliphatic rings. The monoisotopic (exact) mass is 391 g/mol. The summed E-state index contributed by atoms with van der Waals surface area (Å²) in [4.78, 5) is 2.40. The van der Waals surface area contributed by atoms with Gasteiger partial charge in [-0.2, -0.15) is 0 Å². The summed E-state index contributed by atoms with van der Waals surface area (Å²) < 4.78 is 0. The maximum atomic E-state index is 2.44. The predicted molar refractivity (Wildman–Crippen MR) is 129 cm³/mol. The molecular formula is C29H29N. The summed E-state index contributed by atoms with van der Waals surface area (Å²) in [6.07, 6.45) is 2.57. The first-order chi connectivity index (χ1) is 14.6. The second kappa shape index (κ2) is 7.65. The van der Waals surface area contributed by atoms with Crippen LogP contribution >= 0.6 is 0 Å². The third-order valence-electron chi connectivity index (χ3n) is 6.71. The lowest BCUT2D eigenvalue weighted by molar-refractivity contribution is 0.527. The highest BCUT2D eigenvalue weighted by atomic mass is 15.1. The van der Waals surface area contributed by atoms with Gasteiger partial charge >= 0.3 is 0 Å². The number of nitrogens with zero attached hydrogens (tertiary/aromatic N) is 1. The van der Waals surface area contributed by atoms with Gasteiger partial charge in [0, 0.05) is 17.1 Å². The van der Waals surface area contributed by atoms with Crippen LogP contribution in [0.4, 0.5) is 17.1 Å². The number of aryl methyl sites for hydroxylation is 1. The SMILES string of the molecule is Cc1ccc(N(c2ccc3c(c2)C(C)CCC3C)c2ccc3ccccc3c2)cc1. The molecular weight excluding hydrogens is 362 g/mol. The Labute approximate surface area is 180 Å². The largest absolute Gasteiger partial charge is 0.310 e. The summed E-state index contributed by atoms with van der Waals surface area (Å²) >= 11 is 0. The van der Waals surface area contributed by atoms with E-state index in [1.807, 2.05) is 0 Å². The molecule has 0 N–H and O–H groups in total. The number of benzene rings is 4. The van der Waals surface area contributed by atoms with Gasteiger partial charge in [0.15, 0.2) is 0 Å². The van der Waals surface area contributed by atoms with Crippen molar-refractivity contribution in [2.24, 2.45) is 0 Å². The van der Waals surface area contributed by atoms with Crippen LogP contribution in [-0.2, 0) is 0 Å². The van der Waals surface area contributed by atoms with Crippen LogP contribution in [0, 0.1) is 6.92 Å². The van der Waals surface area contributed by atoms with Gasteiger partial charge in [0.2, 0.25) is 0 Å². The molecule has 0 saturated carbocycles. The van der Waals surface area contributed by atoms with Crippen molar-refractivity contribution in [2.75, 3.05) is 4.90 Å². The van der Waals surface area contributed by atoms with Gasteiger partial charge in [-0.1, -0.05) is 67.9 Å². The van der Waals surface area contributed by atoms with Crippen molar-refractivity contribution in [2.45, 2.75) is 45.4 Å². The summed E-state index contributed by atoms with van der Waals surface area (Å²) in [7, 11) is 0. The fraction of sp³-hybridized carbons (Fsp3) is 0.241. The minimum atomic E-state index is 0.618. The van der Waals surface area contributed by atoms with Crippen LogP contribution in [0.15, 0.2) is 84.9 Å². The van der Waals surface area contributed by atoms with Gasteiger partial charge in [-0.25, -0.2) is 0 Å². The quantitative estimate of drug-likeness (QED) is 0.338. The van der Waals surface area contributed by atoms with Gasteiger partial charge < -0.3 is 4.90 Å². The molecule has 0 fully saturated rings. The highest BCUT2D eigenvalue weighted by molar-refractivity contribution is 5.89. The zero-order valence-corrected chi connectivity index (χ0v) is 18.1. The Balaban J connectivity index is 1.68. The van der Waals surface area contributed by atoms with Gasteiger partial charge in [-0.3, -0.25) is 0 Å². The highest BCUT2D eigenvalue weighted by Crippen LogP contribution is 2.43. The fourth-order valence-corrected chi connectivity index (χ4v) is 4.84. The smallest absolute Gasteiger partial charge is 0.0468 e. The van der Waals surface area contributed by atoms with E-state index in [-0.39, 0.29) is 0 Å². The molecule has 2 atom stereocenters. The molecule has 0 heterocycles. The minimum Gasteiger partial charge on any atom is -0.310 e. The second-order valence-corrected chi connectivity index (χ2v) is 8.90. The lowest BCUT2D eigenvalue weighted by Crippen LogP contribution is -2.14. The van der Waals surface area contributed by atoms with E-state index in [1.54, 1.807) is 0 Å². The molecule has 4 aromatic rings. The van der Waals surface area contributed by atoms with Crippen LogP contribution in [0.1, 0.15) is 55.2 Å². The Morgan fingerprint density at radius 2 is 1.20 bits per heavy atom. The Morgan fingerprint density at radius 1 is 0.600 bits per heavy atom. The summed E-state index contributed by atoms with van der Waals surface area (Å²) in [5, 5.41) is 2.55. The van der Waals surface area contributed by atoms with E-state index in [0.29, 0.717) is 11.8 Å². The molecule has 0 spiro atoms. The third kappa shape index (κ3) is 3.39. The van der Waals surface area contributed by atoms with Crippen molar-refractivity contribution >= 4 is 27.8 Å². The first-order valence-electron chi connectivity index (χ1n) is 11.1. The normalized spacial score (nSPS) is 18.2. The van der Waals surface area contributed by atoms with Crippen molar-refractivity contribution in [3.63, 3.8) is 0 Å². The predicted octanol–water partition coefficient (Wildman–Crippen LogP) is 8.62. The van der Waals surface area contributed by atoms with Crippen molar-refractivity contribution in [1.29, 1.82) is 0 Å². The van der Waals surface area contributed by atoms with Gasteiger partial charge in [0.1, 0.15) is 0 Å². The molecule has 0 amide bonds. The standard InChI is InChI=1S/C29H29N/c1-20-8-13-25(14-9-20)30(26-15-12-23-6-4-5-7-24(23)18-26)27-16-17-28-21(2)10-11-22(3)29(28)19-27/h4-9,12-19,21-22H,10-11H2,1-3H3. The van der Waals surface area contributed by atoms with Crippen LogP contribution in [-0.4, -0.2) is 0 Å². The van der Waals surface area contributed by atoms with E-state index >= 15 is 0 Å². The molecule has 2 unspecified atom stereocenters. The molecule has 0 saturated heterocycles. The maximum Gasteiger partial charge on any atom is 0.0468 e. The zero-order valence-electron chi connectivity index (χ0n) is 18.1. The number of fused-ring (bicyclic) bond motifs is 2. The molecule has 0 aromatic heterocycles. The van der Waals surface area contributed by atoms with Crippen molar-refractivity contribution in [3.05, 3.63) is 102 Å². The lowest BCUT2D eigenvalue weighted by Gasteiger charge is -2.31. The Bertz CT molecular complexity index is 1190. The van der Waals surface area contributed by atoms with Gasteiger partial charge in [0.05, 0.1) is 0 Å². The molecule has 150 valence electrons. The molecule has 0 radical (unpaired) electrons. The Morgan fingerprint density at radius 3 is 1.97 bits per heavy atom. The van der Waals surface area contributed by atoms with Crippen LogP contribution in [0.5, 0.6) is 0 Å². The second-order valence-electron chi connectivity index (χ2n) is 8.90. The van der Waals surface area contributed by atoms with Gasteiger partial charge in [-0.15, -0.1) is 0 Å². The van der Waals surface area contributed by atoms with Crippen molar-refractivity contribution < 1.29 is 0 Å². The highest BCUT2D eigenvalue weighted by Gasteiger charge is 2.23. The molecule has 1 nitrogen and oxygen atoms in total. The number of hydrogen-bond donors (Lipinski definition) is 0. The topological polar surface area (TPSA) is 3.24 Å². The van der Waals surface area contributed by atoms with E-state index in [1.165, 1.54) is 57.4 Å². The minimum absolute atomic E-state index is 0.618. The summed E-state index contributed by atoms with van der Waals surface area (Å²) in [5.74, 6) is 1.27. The van der Waals surface area contributed by atoms with Gasteiger partial charge in [-0.05, 0) is 89.9 Å². The third-order valence-corrected chi connectivity index (χ3v) is 6.71. The van der Waals surface area contributed by atoms with Crippen LogP contribution in [0.3, 0.4) is 0 Å². The average molecular weight is 392 g/mol. The Hall–Kier alpha value is -3.06. The van der Waals surface area contributed by atoms with Crippen LogP contribution in [0.2, 0.25) is 0 Å². The van der Waals surface area contributed by atoms with E-state index in [0.717, 1.165) is 0 Å².